The lowest BCUT2D eigenvalue weighted by Crippen LogP contribution is -2.46. The summed E-state index contributed by atoms with van der Waals surface area (Å²) in [6, 6.07) is 0.134. The number of rotatable bonds is 8. The van der Waals surface area contributed by atoms with Gasteiger partial charge in [0, 0.05) is 13.7 Å². The van der Waals surface area contributed by atoms with E-state index in [4.69, 9.17) is 4.74 Å². The van der Waals surface area contributed by atoms with Gasteiger partial charge in [-0.3, -0.25) is 4.68 Å². The van der Waals surface area contributed by atoms with Gasteiger partial charge < -0.3 is 10.1 Å². The molecule has 0 saturated carbocycles. The van der Waals surface area contributed by atoms with Crippen molar-refractivity contribution in [3.05, 3.63) is 16.4 Å². The largest absolute Gasteiger partial charge is 0.373 e. The van der Waals surface area contributed by atoms with Gasteiger partial charge in [0.1, 0.15) is 0 Å². The monoisotopic (exact) mass is 331 g/mol. The molecule has 0 radical (unpaired) electrons. The zero-order chi connectivity index (χ0) is 14.5. The summed E-state index contributed by atoms with van der Waals surface area (Å²) in [5.41, 5.74) is 0.958. The van der Waals surface area contributed by atoms with Crippen LogP contribution in [0.2, 0.25) is 0 Å². The van der Waals surface area contributed by atoms with E-state index in [2.05, 4.69) is 54.0 Å². The maximum absolute atomic E-state index is 6.15. The standard InChI is InChI=1S/C14H26BrN3O/c1-6-14(7-2,19-9-4)13(16-8-3)12-11(15)10-17-18(12)5/h10,13,16H,6-9H2,1-5H3. The van der Waals surface area contributed by atoms with Crippen molar-refractivity contribution in [3.8, 4) is 0 Å². The van der Waals surface area contributed by atoms with E-state index >= 15 is 0 Å². The van der Waals surface area contributed by atoms with Gasteiger partial charge in [-0.05, 0) is 42.2 Å². The molecule has 1 aromatic rings. The predicted octanol–water partition coefficient (Wildman–Crippen LogP) is 3.43. The van der Waals surface area contributed by atoms with Crippen molar-refractivity contribution in [2.45, 2.75) is 52.2 Å². The van der Waals surface area contributed by atoms with Crippen LogP contribution in [-0.2, 0) is 11.8 Å². The third kappa shape index (κ3) is 3.38. The molecule has 0 saturated heterocycles. The van der Waals surface area contributed by atoms with Gasteiger partial charge in [-0.2, -0.15) is 5.10 Å². The summed E-state index contributed by atoms with van der Waals surface area (Å²) in [5.74, 6) is 0. The van der Waals surface area contributed by atoms with E-state index in [1.807, 2.05) is 17.9 Å². The van der Waals surface area contributed by atoms with Crippen LogP contribution in [0.1, 0.15) is 52.3 Å². The normalized spacial score (nSPS) is 13.8. The molecule has 4 nitrogen and oxygen atoms in total. The van der Waals surface area contributed by atoms with Gasteiger partial charge in [-0.25, -0.2) is 0 Å². The Morgan fingerprint density at radius 2 is 2.00 bits per heavy atom. The zero-order valence-corrected chi connectivity index (χ0v) is 14.2. The van der Waals surface area contributed by atoms with Crippen LogP contribution >= 0.6 is 15.9 Å². The van der Waals surface area contributed by atoms with Crippen molar-refractivity contribution in [1.29, 1.82) is 0 Å². The highest BCUT2D eigenvalue weighted by molar-refractivity contribution is 9.10. The second-order valence-electron chi connectivity index (χ2n) is 4.70. The van der Waals surface area contributed by atoms with Gasteiger partial charge in [0.05, 0.1) is 28.0 Å². The molecule has 110 valence electrons. The van der Waals surface area contributed by atoms with Crippen LogP contribution in [0, 0.1) is 0 Å². The fourth-order valence-electron chi connectivity index (χ4n) is 2.71. The fraction of sp³-hybridized carbons (Fsp3) is 0.786. The maximum Gasteiger partial charge on any atom is 0.0886 e. The molecule has 0 spiro atoms. The molecule has 1 rings (SSSR count). The summed E-state index contributed by atoms with van der Waals surface area (Å²) >= 11 is 3.61. The number of nitrogens with zero attached hydrogens (tertiary/aromatic N) is 2. The third-order valence-corrected chi connectivity index (χ3v) is 4.39. The van der Waals surface area contributed by atoms with Crippen molar-refractivity contribution in [1.82, 2.24) is 15.1 Å². The van der Waals surface area contributed by atoms with E-state index in [0.29, 0.717) is 0 Å². The van der Waals surface area contributed by atoms with E-state index in [0.717, 1.165) is 36.2 Å². The highest BCUT2D eigenvalue weighted by Crippen LogP contribution is 2.38. The molecule has 1 heterocycles. The Morgan fingerprint density at radius 3 is 2.37 bits per heavy atom. The van der Waals surface area contributed by atoms with Crippen molar-refractivity contribution in [2.75, 3.05) is 13.2 Å². The lowest BCUT2D eigenvalue weighted by molar-refractivity contribution is -0.0748. The Bertz CT molecular complexity index is 369. The SMILES string of the molecule is CCNC(c1c(Br)cnn1C)C(CC)(CC)OCC. The Balaban J connectivity index is 3.24. The molecule has 19 heavy (non-hydrogen) atoms. The average molecular weight is 332 g/mol. The highest BCUT2D eigenvalue weighted by atomic mass is 79.9. The van der Waals surface area contributed by atoms with Gasteiger partial charge in [0.15, 0.2) is 0 Å². The van der Waals surface area contributed by atoms with Gasteiger partial charge in [-0.1, -0.05) is 20.8 Å². The molecule has 0 bridgehead atoms. The average Bonchev–Trinajstić information content (AvgIpc) is 2.73. The van der Waals surface area contributed by atoms with E-state index in [1.54, 1.807) is 0 Å². The van der Waals surface area contributed by atoms with Gasteiger partial charge in [-0.15, -0.1) is 0 Å². The molecular weight excluding hydrogens is 306 g/mol. The van der Waals surface area contributed by atoms with E-state index in [1.165, 1.54) is 0 Å². The molecule has 0 aromatic carbocycles. The second-order valence-corrected chi connectivity index (χ2v) is 5.55. The molecule has 0 aliphatic rings. The molecular formula is C14H26BrN3O. The van der Waals surface area contributed by atoms with Crippen LogP contribution in [-0.4, -0.2) is 28.5 Å². The van der Waals surface area contributed by atoms with E-state index in [9.17, 15) is 0 Å². The van der Waals surface area contributed by atoms with Crippen LogP contribution in [0.15, 0.2) is 10.7 Å². The van der Waals surface area contributed by atoms with Crippen molar-refractivity contribution in [3.63, 3.8) is 0 Å². The van der Waals surface area contributed by atoms with Crippen molar-refractivity contribution < 1.29 is 4.74 Å². The van der Waals surface area contributed by atoms with E-state index in [-0.39, 0.29) is 11.6 Å². The summed E-state index contributed by atoms with van der Waals surface area (Å²) < 4.78 is 9.11. The van der Waals surface area contributed by atoms with Crippen molar-refractivity contribution in [2.24, 2.45) is 7.05 Å². The number of nitrogens with one attached hydrogen (secondary N) is 1. The minimum atomic E-state index is -0.193. The fourth-order valence-corrected chi connectivity index (χ4v) is 3.29. The quantitative estimate of drug-likeness (QED) is 0.793. The smallest absolute Gasteiger partial charge is 0.0886 e. The van der Waals surface area contributed by atoms with Crippen LogP contribution in [0.5, 0.6) is 0 Å². The third-order valence-electron chi connectivity index (χ3n) is 3.77. The summed E-state index contributed by atoms with van der Waals surface area (Å²) in [6.45, 7) is 10.2. The Hall–Kier alpha value is -0.390. The Kier molecular flexibility index (Phi) is 6.50. The molecule has 1 atom stereocenters. The first-order chi connectivity index (χ1) is 9.06. The van der Waals surface area contributed by atoms with Crippen LogP contribution in [0.3, 0.4) is 0 Å². The Morgan fingerprint density at radius 1 is 1.37 bits per heavy atom. The van der Waals surface area contributed by atoms with E-state index < -0.39 is 0 Å². The molecule has 1 unspecified atom stereocenters. The lowest BCUT2D eigenvalue weighted by Gasteiger charge is -2.40. The zero-order valence-electron chi connectivity index (χ0n) is 12.7. The molecule has 0 aliphatic heterocycles. The predicted molar refractivity (Wildman–Crippen MR) is 82.3 cm³/mol. The molecule has 0 amide bonds. The summed E-state index contributed by atoms with van der Waals surface area (Å²) in [5, 5.41) is 7.91. The molecule has 1 aromatic heterocycles. The number of likely N-dealkylation sites (N-methyl/N-ethyl adjacent to an activating group) is 1. The first-order valence-corrected chi connectivity index (χ1v) is 7.90. The van der Waals surface area contributed by atoms with Crippen molar-refractivity contribution >= 4 is 15.9 Å². The first kappa shape index (κ1) is 16.7. The second kappa shape index (κ2) is 7.41. The Labute approximate surface area is 125 Å². The molecule has 0 fully saturated rings. The van der Waals surface area contributed by atoms with Crippen LogP contribution < -0.4 is 5.32 Å². The molecule has 1 N–H and O–H groups in total. The maximum atomic E-state index is 6.15. The van der Waals surface area contributed by atoms with Gasteiger partial charge in [0.25, 0.3) is 0 Å². The molecule has 0 aliphatic carbocycles. The number of hydrogen-bond acceptors (Lipinski definition) is 3. The number of aryl methyl sites for hydroxylation is 1. The number of aromatic nitrogens is 2. The van der Waals surface area contributed by atoms with Crippen LogP contribution in [0.4, 0.5) is 0 Å². The number of ether oxygens (including phenoxy) is 1. The van der Waals surface area contributed by atoms with Crippen LogP contribution in [0.25, 0.3) is 0 Å². The summed E-state index contributed by atoms with van der Waals surface area (Å²) in [4.78, 5) is 0. The topological polar surface area (TPSA) is 39.1 Å². The summed E-state index contributed by atoms with van der Waals surface area (Å²) in [6.07, 6.45) is 3.78. The minimum absolute atomic E-state index is 0.134. The number of halogens is 1. The number of hydrogen-bond donors (Lipinski definition) is 1. The highest BCUT2D eigenvalue weighted by Gasteiger charge is 2.39. The summed E-state index contributed by atoms with van der Waals surface area (Å²) in [7, 11) is 1.98. The van der Waals surface area contributed by atoms with Gasteiger partial charge >= 0.3 is 0 Å². The first-order valence-electron chi connectivity index (χ1n) is 7.10. The van der Waals surface area contributed by atoms with Gasteiger partial charge in [0.2, 0.25) is 0 Å². The minimum Gasteiger partial charge on any atom is -0.373 e. The lowest BCUT2D eigenvalue weighted by atomic mass is 9.86. The molecule has 5 heteroatoms.